The zero-order valence-electron chi connectivity index (χ0n) is 25.3. The molecule has 238 valence electrons. The number of nitrogens with one attached hydrogen (secondary N) is 2. The minimum Gasteiger partial charge on any atom is -0.492 e. The third-order valence-corrected chi connectivity index (χ3v) is 8.76. The predicted molar refractivity (Wildman–Crippen MR) is 169 cm³/mol. The number of fused-ring (bicyclic) bond motifs is 2. The molecule has 2 aliphatic heterocycles. The van der Waals surface area contributed by atoms with E-state index in [1.807, 2.05) is 41.3 Å². The summed E-state index contributed by atoms with van der Waals surface area (Å²) in [5.41, 5.74) is 5.28. The molecule has 2 atom stereocenters. The Morgan fingerprint density at radius 1 is 1.04 bits per heavy atom. The molecular weight excluding hydrogens is 603 g/mol. The molecule has 0 spiro atoms. The Kier molecular flexibility index (Phi) is 10.2. The standard InChI is InChI=1S/C35H37ClF3N3O3/c1-22-6-3-4-8-25(22)15-16-40-34(44)33-29(19-28-20-42(23(2)43)21-31(33)41-28)26-11-9-24(10-12-26)7-5-17-45-32-14-13-27(18-30(32)36)35(37,38)39/h3-4,6,8-14,18,28,31,41H,5,7,15-17,19-21H2,1-2H3,(H,40,44). The van der Waals surface area contributed by atoms with Crippen LogP contribution in [0.5, 0.6) is 5.75 Å². The first-order valence-corrected chi connectivity index (χ1v) is 15.5. The molecule has 2 aliphatic rings. The summed E-state index contributed by atoms with van der Waals surface area (Å²) in [6, 6.07) is 19.1. The number of ether oxygens (including phenoxy) is 1. The fourth-order valence-electron chi connectivity index (χ4n) is 6.06. The van der Waals surface area contributed by atoms with Crippen molar-refractivity contribution in [2.75, 3.05) is 26.2 Å². The van der Waals surface area contributed by atoms with Crippen LogP contribution in [0.4, 0.5) is 13.2 Å². The average molecular weight is 640 g/mol. The Balaban J connectivity index is 1.25. The Morgan fingerprint density at radius 2 is 1.80 bits per heavy atom. The topological polar surface area (TPSA) is 70.7 Å². The number of nitrogens with zero attached hydrogens (tertiary/aromatic N) is 1. The van der Waals surface area contributed by atoms with Crippen molar-refractivity contribution in [1.82, 2.24) is 15.5 Å². The molecule has 2 amide bonds. The number of piperazine rings is 1. The van der Waals surface area contributed by atoms with Gasteiger partial charge in [-0.2, -0.15) is 13.2 Å². The Hall–Kier alpha value is -3.82. The first kappa shape index (κ1) is 32.6. The molecule has 3 aromatic carbocycles. The number of benzene rings is 3. The van der Waals surface area contributed by atoms with Gasteiger partial charge in [0.1, 0.15) is 5.75 Å². The third-order valence-electron chi connectivity index (χ3n) is 8.46. The Labute approximate surface area is 266 Å². The number of hydrogen-bond acceptors (Lipinski definition) is 4. The van der Waals surface area contributed by atoms with Crippen molar-refractivity contribution in [1.29, 1.82) is 0 Å². The normalized spacial score (nSPS) is 18.1. The maximum atomic E-state index is 13.7. The van der Waals surface area contributed by atoms with Gasteiger partial charge in [-0.25, -0.2) is 0 Å². The van der Waals surface area contributed by atoms with Gasteiger partial charge in [0.05, 0.1) is 23.2 Å². The molecule has 0 radical (unpaired) electrons. The third kappa shape index (κ3) is 8.07. The fourth-order valence-corrected chi connectivity index (χ4v) is 6.30. The molecule has 6 nitrogen and oxygen atoms in total. The largest absolute Gasteiger partial charge is 0.492 e. The van der Waals surface area contributed by atoms with E-state index in [0.717, 1.165) is 35.3 Å². The van der Waals surface area contributed by atoms with E-state index >= 15 is 0 Å². The molecule has 2 N–H and O–H groups in total. The highest BCUT2D eigenvalue weighted by Crippen LogP contribution is 2.35. The van der Waals surface area contributed by atoms with Gasteiger partial charge < -0.3 is 20.3 Å². The smallest absolute Gasteiger partial charge is 0.416 e. The van der Waals surface area contributed by atoms with E-state index in [9.17, 15) is 22.8 Å². The van der Waals surface area contributed by atoms with Gasteiger partial charge in [0.2, 0.25) is 11.8 Å². The van der Waals surface area contributed by atoms with E-state index in [1.165, 1.54) is 17.2 Å². The second-order valence-electron chi connectivity index (χ2n) is 11.7. The molecule has 2 bridgehead atoms. The zero-order valence-corrected chi connectivity index (χ0v) is 26.1. The van der Waals surface area contributed by atoms with Crippen molar-refractivity contribution in [3.63, 3.8) is 0 Å². The van der Waals surface area contributed by atoms with Gasteiger partial charge in [0.15, 0.2) is 0 Å². The van der Waals surface area contributed by atoms with Crippen LogP contribution in [0, 0.1) is 6.92 Å². The second kappa shape index (κ2) is 14.1. The van der Waals surface area contributed by atoms with Crippen molar-refractivity contribution in [3.8, 4) is 5.75 Å². The molecule has 1 saturated heterocycles. The highest BCUT2D eigenvalue weighted by Gasteiger charge is 2.39. The first-order valence-electron chi connectivity index (χ1n) is 15.2. The van der Waals surface area contributed by atoms with Gasteiger partial charge in [-0.05, 0) is 78.6 Å². The molecular formula is C35H37ClF3N3O3. The van der Waals surface area contributed by atoms with E-state index < -0.39 is 11.7 Å². The summed E-state index contributed by atoms with van der Waals surface area (Å²) < 4.78 is 44.3. The summed E-state index contributed by atoms with van der Waals surface area (Å²) in [5, 5.41) is 6.62. The number of halogens is 4. The minimum atomic E-state index is -4.46. The first-order chi connectivity index (χ1) is 21.5. The Bertz CT molecular complexity index is 1570. The Morgan fingerprint density at radius 3 is 2.49 bits per heavy atom. The second-order valence-corrected chi connectivity index (χ2v) is 12.1. The van der Waals surface area contributed by atoms with E-state index in [0.29, 0.717) is 51.1 Å². The van der Waals surface area contributed by atoms with Gasteiger partial charge in [0, 0.05) is 38.2 Å². The molecule has 0 saturated carbocycles. The lowest BCUT2D eigenvalue weighted by molar-refractivity contribution is -0.137. The quantitative estimate of drug-likeness (QED) is 0.253. The van der Waals surface area contributed by atoms with Crippen molar-refractivity contribution in [2.45, 2.75) is 57.8 Å². The van der Waals surface area contributed by atoms with Gasteiger partial charge in [-0.3, -0.25) is 9.59 Å². The van der Waals surface area contributed by atoms with Crippen LogP contribution in [0.1, 0.15) is 47.6 Å². The van der Waals surface area contributed by atoms with E-state index in [1.54, 1.807) is 6.92 Å². The summed E-state index contributed by atoms with van der Waals surface area (Å²) >= 11 is 6.00. The molecule has 2 unspecified atom stereocenters. The highest BCUT2D eigenvalue weighted by molar-refractivity contribution is 6.32. The zero-order chi connectivity index (χ0) is 32.1. The molecule has 10 heteroatoms. The highest BCUT2D eigenvalue weighted by atomic mass is 35.5. The van der Waals surface area contributed by atoms with Crippen molar-refractivity contribution in [2.24, 2.45) is 0 Å². The number of rotatable bonds is 10. The summed E-state index contributed by atoms with van der Waals surface area (Å²) in [5.74, 6) is 0.0998. The lowest BCUT2D eigenvalue weighted by atomic mass is 9.83. The van der Waals surface area contributed by atoms with Crippen LogP contribution in [0.2, 0.25) is 5.02 Å². The molecule has 1 fully saturated rings. The summed E-state index contributed by atoms with van der Waals surface area (Å²) in [6.45, 7) is 5.47. The van der Waals surface area contributed by atoms with Gasteiger partial charge >= 0.3 is 6.18 Å². The molecule has 3 aromatic rings. The van der Waals surface area contributed by atoms with Gasteiger partial charge in [-0.15, -0.1) is 0 Å². The summed E-state index contributed by atoms with van der Waals surface area (Å²) in [4.78, 5) is 27.7. The lowest BCUT2D eigenvalue weighted by Crippen LogP contribution is -2.61. The van der Waals surface area contributed by atoms with Crippen LogP contribution in [-0.2, 0) is 28.6 Å². The van der Waals surface area contributed by atoms with Gasteiger partial charge in [-0.1, -0.05) is 60.1 Å². The molecule has 45 heavy (non-hydrogen) atoms. The van der Waals surface area contributed by atoms with E-state index in [-0.39, 0.29) is 34.7 Å². The maximum absolute atomic E-state index is 13.7. The lowest BCUT2D eigenvalue weighted by Gasteiger charge is -2.44. The van der Waals surface area contributed by atoms with E-state index in [4.69, 9.17) is 16.3 Å². The molecule has 2 heterocycles. The van der Waals surface area contributed by atoms with Crippen LogP contribution in [0.25, 0.3) is 5.57 Å². The molecule has 0 aliphatic carbocycles. The number of carbonyl (C=O) groups is 2. The van der Waals surface area contributed by atoms with Crippen LogP contribution < -0.4 is 15.4 Å². The van der Waals surface area contributed by atoms with Crippen molar-refractivity contribution in [3.05, 3.63) is 105 Å². The van der Waals surface area contributed by atoms with Crippen molar-refractivity contribution < 1.29 is 27.5 Å². The maximum Gasteiger partial charge on any atom is 0.416 e. The van der Waals surface area contributed by atoms with Gasteiger partial charge in [0.25, 0.3) is 0 Å². The number of carbonyl (C=O) groups excluding carboxylic acids is 2. The predicted octanol–water partition coefficient (Wildman–Crippen LogP) is 6.38. The van der Waals surface area contributed by atoms with Crippen LogP contribution >= 0.6 is 11.6 Å². The molecule has 5 rings (SSSR count). The van der Waals surface area contributed by atoms with Crippen molar-refractivity contribution >= 4 is 29.0 Å². The summed E-state index contributed by atoms with van der Waals surface area (Å²) in [7, 11) is 0. The monoisotopic (exact) mass is 639 g/mol. The average Bonchev–Trinajstić information content (AvgIpc) is 3.00. The minimum absolute atomic E-state index is 0.00295. The summed E-state index contributed by atoms with van der Waals surface area (Å²) in [6.07, 6.45) is -1.77. The number of amides is 2. The number of alkyl halides is 3. The molecule has 0 aromatic heterocycles. The van der Waals surface area contributed by atoms with Crippen LogP contribution in [0.3, 0.4) is 0 Å². The SMILES string of the molecule is CC(=O)N1CC2CC(c3ccc(CCCOc4ccc(C(F)(F)F)cc4Cl)cc3)=C(C(=O)NCCc3ccccc3C)C(C1)N2. The van der Waals surface area contributed by atoms with E-state index in [2.05, 4.69) is 29.7 Å². The van der Waals surface area contributed by atoms with Crippen LogP contribution in [-0.4, -0.2) is 55.0 Å². The number of hydrogen-bond donors (Lipinski definition) is 2. The number of aryl methyl sites for hydroxylation is 2. The van der Waals surface area contributed by atoms with Crippen LogP contribution in [0.15, 0.2) is 72.3 Å². The fraction of sp³-hybridized carbons (Fsp3) is 0.371.